The molecule has 0 saturated carbocycles. The lowest BCUT2D eigenvalue weighted by Gasteiger charge is -1.91. The van der Waals surface area contributed by atoms with Crippen LogP contribution in [0, 0.1) is 0 Å². The molecule has 0 rings (SSSR count). The molecule has 14 heavy (non-hydrogen) atoms. The van der Waals surface area contributed by atoms with E-state index in [1.54, 1.807) is 6.92 Å². The molecule has 82 valence electrons. The zero-order chi connectivity index (χ0) is 11.6. The van der Waals surface area contributed by atoms with Crippen LogP contribution < -0.4 is 0 Å². The predicted octanol–water partition coefficient (Wildman–Crippen LogP) is 0.505. The van der Waals surface area contributed by atoms with Crippen LogP contribution in [0.25, 0.3) is 0 Å². The van der Waals surface area contributed by atoms with Crippen LogP contribution in [-0.4, -0.2) is 34.7 Å². The minimum atomic E-state index is -1.55. The number of ether oxygens (including phenoxy) is 1. The highest BCUT2D eigenvalue weighted by Gasteiger charge is 2.09. The van der Waals surface area contributed by atoms with Crippen molar-refractivity contribution in [3.8, 4) is 0 Å². The van der Waals surface area contributed by atoms with E-state index in [0.29, 0.717) is 6.42 Å². The Bertz CT molecular complexity index is 198. The molecule has 0 fully saturated rings. The molecule has 6 nitrogen and oxygen atoms in total. The first-order valence-corrected chi connectivity index (χ1v) is 4.07. The molecule has 0 radical (unpaired) electrons. The Balaban J connectivity index is 0. The number of aliphatic carboxylic acids is 2. The van der Waals surface area contributed by atoms with E-state index in [1.165, 1.54) is 0 Å². The van der Waals surface area contributed by atoms with Crippen LogP contribution in [0.15, 0.2) is 0 Å². The monoisotopic (exact) mass is 206 g/mol. The summed E-state index contributed by atoms with van der Waals surface area (Å²) in [5.74, 6) is -3.46. The van der Waals surface area contributed by atoms with E-state index in [0.717, 1.165) is 6.42 Å². The van der Waals surface area contributed by atoms with Crippen LogP contribution in [0.1, 0.15) is 26.7 Å². The predicted molar refractivity (Wildman–Crippen MR) is 46.8 cm³/mol. The van der Waals surface area contributed by atoms with E-state index in [-0.39, 0.29) is 6.61 Å². The molecule has 0 saturated heterocycles. The maximum absolute atomic E-state index is 9.92. The van der Waals surface area contributed by atoms with Crippen molar-refractivity contribution in [2.24, 2.45) is 0 Å². The highest BCUT2D eigenvalue weighted by molar-refractivity contribution is 6.28. The summed E-state index contributed by atoms with van der Waals surface area (Å²) in [6, 6.07) is 0. The van der Waals surface area contributed by atoms with Crippen molar-refractivity contribution in [3.63, 3.8) is 0 Å². The van der Waals surface area contributed by atoms with Gasteiger partial charge in [-0.05, 0) is 13.3 Å². The molecular weight excluding hydrogens is 192 g/mol. The molecule has 0 aliphatic rings. The van der Waals surface area contributed by atoms with E-state index >= 15 is 0 Å². The molecule has 0 heterocycles. The van der Waals surface area contributed by atoms with Gasteiger partial charge < -0.3 is 14.9 Å². The summed E-state index contributed by atoms with van der Waals surface area (Å²) in [4.78, 5) is 29.1. The molecule has 6 heteroatoms. The van der Waals surface area contributed by atoms with E-state index in [4.69, 9.17) is 10.2 Å². The lowest BCUT2D eigenvalue weighted by atomic mass is 10.4. The van der Waals surface area contributed by atoms with Crippen LogP contribution in [0.5, 0.6) is 0 Å². The number of esters is 1. The topological polar surface area (TPSA) is 101 Å². The lowest BCUT2D eigenvalue weighted by molar-refractivity contribution is -0.163. The SMILES string of the molecule is CCCC(=O)O.CCOC(=O)C(=O)O. The van der Waals surface area contributed by atoms with E-state index in [9.17, 15) is 14.4 Å². The highest BCUT2D eigenvalue weighted by atomic mass is 16.6. The second-order valence-electron chi connectivity index (χ2n) is 2.17. The van der Waals surface area contributed by atoms with Crippen molar-refractivity contribution >= 4 is 17.9 Å². The highest BCUT2D eigenvalue weighted by Crippen LogP contribution is 1.82. The van der Waals surface area contributed by atoms with Crippen LogP contribution in [0.3, 0.4) is 0 Å². The number of carbonyl (C=O) groups excluding carboxylic acids is 1. The van der Waals surface area contributed by atoms with Crippen molar-refractivity contribution in [2.75, 3.05) is 6.61 Å². The third-order valence-corrected chi connectivity index (χ3v) is 0.914. The number of carbonyl (C=O) groups is 3. The van der Waals surface area contributed by atoms with Crippen LogP contribution in [0.4, 0.5) is 0 Å². The van der Waals surface area contributed by atoms with Crippen LogP contribution in [-0.2, 0) is 19.1 Å². The smallest absolute Gasteiger partial charge is 0.417 e. The zero-order valence-corrected chi connectivity index (χ0v) is 8.15. The van der Waals surface area contributed by atoms with Gasteiger partial charge in [-0.25, -0.2) is 9.59 Å². The lowest BCUT2D eigenvalue weighted by Crippen LogP contribution is -2.15. The summed E-state index contributed by atoms with van der Waals surface area (Å²) in [6.07, 6.45) is 1.02. The molecule has 0 aliphatic heterocycles. The Morgan fingerprint density at radius 2 is 1.64 bits per heavy atom. The van der Waals surface area contributed by atoms with Gasteiger partial charge in [-0.3, -0.25) is 4.79 Å². The maximum Gasteiger partial charge on any atom is 0.417 e. The summed E-state index contributed by atoms with van der Waals surface area (Å²) in [7, 11) is 0. The van der Waals surface area contributed by atoms with E-state index in [1.807, 2.05) is 6.92 Å². The largest absolute Gasteiger partial charge is 0.481 e. The third-order valence-electron chi connectivity index (χ3n) is 0.914. The van der Waals surface area contributed by atoms with Crippen LogP contribution >= 0.6 is 0 Å². The van der Waals surface area contributed by atoms with Gasteiger partial charge in [0.2, 0.25) is 0 Å². The molecule has 0 amide bonds. The number of hydrogen-bond acceptors (Lipinski definition) is 4. The summed E-state index contributed by atoms with van der Waals surface area (Å²) < 4.78 is 4.06. The van der Waals surface area contributed by atoms with Gasteiger partial charge in [-0.2, -0.15) is 0 Å². The Kier molecular flexibility index (Phi) is 10.1. The Morgan fingerprint density at radius 1 is 1.14 bits per heavy atom. The summed E-state index contributed by atoms with van der Waals surface area (Å²) in [5, 5.41) is 15.8. The van der Waals surface area contributed by atoms with Gasteiger partial charge in [0, 0.05) is 6.42 Å². The Morgan fingerprint density at radius 3 is 1.71 bits per heavy atom. The fraction of sp³-hybridized carbons (Fsp3) is 0.625. The molecule has 0 aliphatic carbocycles. The molecule has 0 aromatic rings. The fourth-order valence-corrected chi connectivity index (χ4v) is 0.407. The van der Waals surface area contributed by atoms with Crippen LogP contribution in [0.2, 0.25) is 0 Å². The first-order valence-electron chi connectivity index (χ1n) is 4.07. The molecule has 0 spiro atoms. The minimum absolute atomic E-state index is 0.102. The van der Waals surface area contributed by atoms with Gasteiger partial charge in [0.15, 0.2) is 0 Å². The molecule has 0 atom stereocenters. The normalized spacial score (nSPS) is 8.14. The number of carboxylic acids is 2. The summed E-state index contributed by atoms with van der Waals surface area (Å²) in [6.45, 7) is 3.49. The molecule has 2 N–H and O–H groups in total. The molecule has 0 aromatic carbocycles. The van der Waals surface area contributed by atoms with Crippen molar-refractivity contribution in [2.45, 2.75) is 26.7 Å². The van der Waals surface area contributed by atoms with Crippen molar-refractivity contribution in [1.29, 1.82) is 0 Å². The third kappa shape index (κ3) is 13.0. The second-order valence-corrected chi connectivity index (χ2v) is 2.17. The molecular formula is C8H14O6. The van der Waals surface area contributed by atoms with E-state index in [2.05, 4.69) is 4.74 Å². The number of rotatable bonds is 3. The average molecular weight is 206 g/mol. The quantitative estimate of drug-likeness (QED) is 0.515. The second kappa shape index (κ2) is 9.50. The Labute approximate surface area is 81.5 Å². The van der Waals surface area contributed by atoms with Crippen molar-refractivity contribution < 1.29 is 29.3 Å². The molecule has 0 aromatic heterocycles. The number of carboxylic acid groups (broad SMARTS) is 2. The van der Waals surface area contributed by atoms with Gasteiger partial charge in [0.1, 0.15) is 0 Å². The number of hydrogen-bond donors (Lipinski definition) is 2. The van der Waals surface area contributed by atoms with Gasteiger partial charge in [-0.15, -0.1) is 0 Å². The maximum atomic E-state index is 9.92. The fourth-order valence-electron chi connectivity index (χ4n) is 0.407. The Hall–Kier alpha value is -1.59. The first-order chi connectivity index (χ1) is 6.45. The molecule has 0 unspecified atom stereocenters. The van der Waals surface area contributed by atoms with Crippen molar-refractivity contribution in [1.82, 2.24) is 0 Å². The summed E-state index contributed by atoms with van der Waals surface area (Å²) in [5.41, 5.74) is 0. The van der Waals surface area contributed by atoms with E-state index < -0.39 is 17.9 Å². The molecule has 0 bridgehead atoms. The van der Waals surface area contributed by atoms with Gasteiger partial charge in [0.05, 0.1) is 6.61 Å². The van der Waals surface area contributed by atoms with Gasteiger partial charge in [0.25, 0.3) is 0 Å². The zero-order valence-electron chi connectivity index (χ0n) is 8.15. The standard InChI is InChI=1S/C4H6O4.C4H8O2/c1-2-8-4(7)3(5)6;1-2-3-4(5)6/h2H2,1H3,(H,5,6);2-3H2,1H3,(H,5,6). The van der Waals surface area contributed by atoms with Gasteiger partial charge in [-0.1, -0.05) is 6.92 Å². The minimum Gasteiger partial charge on any atom is -0.481 e. The summed E-state index contributed by atoms with van der Waals surface area (Å²) >= 11 is 0. The first kappa shape index (κ1) is 14.9. The average Bonchev–Trinajstić information content (AvgIpc) is 2.05. The van der Waals surface area contributed by atoms with Gasteiger partial charge >= 0.3 is 17.9 Å². The van der Waals surface area contributed by atoms with Crippen molar-refractivity contribution in [3.05, 3.63) is 0 Å².